The van der Waals surface area contributed by atoms with Gasteiger partial charge in [-0.25, -0.2) is 4.98 Å². The molecule has 4 nitrogen and oxygen atoms in total. The molecule has 0 radical (unpaired) electrons. The molecule has 2 aromatic carbocycles. The fraction of sp³-hybridized carbons (Fsp3) is 0.100. The van der Waals surface area contributed by atoms with E-state index in [1.807, 2.05) is 43.3 Å². The van der Waals surface area contributed by atoms with Crippen LogP contribution in [0.25, 0.3) is 22.7 Å². The van der Waals surface area contributed by atoms with Crippen molar-refractivity contribution in [3.05, 3.63) is 70.5 Å². The number of allylic oxidation sites excluding steroid dienone is 1. The summed E-state index contributed by atoms with van der Waals surface area (Å²) in [6, 6.07) is 13.8. The Morgan fingerprint density at radius 3 is 2.96 bits per heavy atom. The zero-order chi connectivity index (χ0) is 17.8. The number of aryl methyl sites for hydroxylation is 1. The number of nitrogens with zero attached hydrogens (tertiary/aromatic N) is 2. The van der Waals surface area contributed by atoms with Crippen LogP contribution in [0.2, 0.25) is 0 Å². The topological polar surface area (TPSA) is 61.7 Å². The lowest BCUT2D eigenvalue weighted by Crippen LogP contribution is -1.95. The maximum Gasteiger partial charge on any atom is 0.149 e. The predicted molar refractivity (Wildman–Crippen MR) is 104 cm³/mol. The van der Waals surface area contributed by atoms with Crippen LogP contribution < -0.4 is 4.74 Å². The number of hydrogen-bond donors (Lipinski definition) is 1. The third kappa shape index (κ3) is 3.81. The number of halogens is 1. The van der Waals surface area contributed by atoms with Crippen molar-refractivity contribution in [3.63, 3.8) is 0 Å². The molecule has 0 aliphatic heterocycles. The molecule has 0 spiro atoms. The van der Waals surface area contributed by atoms with Gasteiger partial charge in [0.05, 0.1) is 16.6 Å². The first-order valence-electron chi connectivity index (χ1n) is 7.72. The number of benzene rings is 2. The second-order valence-electron chi connectivity index (χ2n) is 5.56. The smallest absolute Gasteiger partial charge is 0.149 e. The van der Waals surface area contributed by atoms with E-state index < -0.39 is 0 Å². The summed E-state index contributed by atoms with van der Waals surface area (Å²) in [5, 5.41) is 9.61. The summed E-state index contributed by atoms with van der Waals surface area (Å²) in [5.74, 6) is 1.22. The molecule has 0 aliphatic carbocycles. The largest absolute Gasteiger partial charge is 0.489 e. The van der Waals surface area contributed by atoms with Crippen LogP contribution in [-0.4, -0.2) is 16.6 Å². The maximum atomic E-state index is 9.61. The van der Waals surface area contributed by atoms with Crippen LogP contribution in [0.1, 0.15) is 17.0 Å². The highest BCUT2D eigenvalue weighted by Crippen LogP contribution is 2.28. The van der Waals surface area contributed by atoms with E-state index in [-0.39, 0.29) is 0 Å². The third-order valence-corrected chi connectivity index (χ3v) is 4.13. The zero-order valence-corrected chi connectivity index (χ0v) is 15.3. The maximum absolute atomic E-state index is 9.61. The summed E-state index contributed by atoms with van der Waals surface area (Å²) in [4.78, 5) is 7.73. The number of ether oxygens (including phenoxy) is 1. The molecule has 124 valence electrons. The van der Waals surface area contributed by atoms with Crippen LogP contribution in [0.5, 0.6) is 5.75 Å². The van der Waals surface area contributed by atoms with Crippen molar-refractivity contribution in [2.45, 2.75) is 6.92 Å². The highest BCUT2D eigenvalue weighted by atomic mass is 79.9. The number of rotatable bonds is 5. The molecule has 0 saturated carbocycles. The van der Waals surface area contributed by atoms with Gasteiger partial charge in [0, 0.05) is 10.0 Å². The summed E-state index contributed by atoms with van der Waals surface area (Å²) >= 11 is 3.46. The Bertz CT molecular complexity index is 1010. The molecule has 1 heterocycles. The second kappa shape index (κ2) is 7.37. The molecular formula is C20H16BrN3O. The van der Waals surface area contributed by atoms with Crippen molar-refractivity contribution in [2.75, 3.05) is 6.61 Å². The first-order chi connectivity index (χ1) is 12.1. The quantitative estimate of drug-likeness (QED) is 0.474. The van der Waals surface area contributed by atoms with E-state index in [0.29, 0.717) is 23.8 Å². The van der Waals surface area contributed by atoms with Gasteiger partial charge in [0.1, 0.15) is 24.3 Å². The Balaban J connectivity index is 2.06. The van der Waals surface area contributed by atoms with Gasteiger partial charge in [-0.1, -0.05) is 34.7 Å². The summed E-state index contributed by atoms with van der Waals surface area (Å²) in [5.41, 5.74) is 4.12. The molecule has 0 bridgehead atoms. The fourth-order valence-corrected chi connectivity index (χ4v) is 2.85. The number of fused-ring (bicyclic) bond motifs is 1. The molecule has 0 amide bonds. The fourth-order valence-electron chi connectivity index (χ4n) is 2.47. The Hall–Kier alpha value is -2.84. The number of imidazole rings is 1. The molecule has 1 aromatic heterocycles. The lowest BCUT2D eigenvalue weighted by molar-refractivity contribution is 0.362. The third-order valence-electron chi connectivity index (χ3n) is 3.64. The van der Waals surface area contributed by atoms with Crippen molar-refractivity contribution in [1.29, 1.82) is 5.26 Å². The van der Waals surface area contributed by atoms with Crippen molar-refractivity contribution < 1.29 is 4.74 Å². The summed E-state index contributed by atoms with van der Waals surface area (Å²) in [6.07, 6.45) is 3.45. The van der Waals surface area contributed by atoms with Gasteiger partial charge in [0.25, 0.3) is 0 Å². The average Bonchev–Trinajstić information content (AvgIpc) is 3.01. The van der Waals surface area contributed by atoms with Crippen molar-refractivity contribution in [2.24, 2.45) is 0 Å². The first kappa shape index (κ1) is 17.0. The summed E-state index contributed by atoms with van der Waals surface area (Å²) in [6.45, 7) is 6.08. The number of nitriles is 1. The van der Waals surface area contributed by atoms with Crippen LogP contribution in [0.15, 0.2) is 53.5 Å². The van der Waals surface area contributed by atoms with E-state index >= 15 is 0 Å². The molecule has 3 rings (SSSR count). The van der Waals surface area contributed by atoms with E-state index in [1.54, 1.807) is 12.2 Å². The minimum atomic E-state index is 0.397. The molecule has 0 saturated heterocycles. The Morgan fingerprint density at radius 2 is 2.20 bits per heavy atom. The van der Waals surface area contributed by atoms with Crippen molar-refractivity contribution in [3.8, 4) is 11.8 Å². The number of hydrogen-bond acceptors (Lipinski definition) is 3. The zero-order valence-electron chi connectivity index (χ0n) is 13.7. The molecule has 0 fully saturated rings. The Labute approximate surface area is 154 Å². The van der Waals surface area contributed by atoms with Gasteiger partial charge in [-0.2, -0.15) is 5.26 Å². The van der Waals surface area contributed by atoms with Gasteiger partial charge in [-0.3, -0.25) is 0 Å². The molecule has 25 heavy (non-hydrogen) atoms. The van der Waals surface area contributed by atoms with Gasteiger partial charge in [-0.05, 0) is 48.9 Å². The number of nitrogens with one attached hydrogen (secondary N) is 1. The number of aromatic nitrogens is 2. The van der Waals surface area contributed by atoms with E-state index in [0.717, 1.165) is 26.6 Å². The molecule has 0 unspecified atom stereocenters. The van der Waals surface area contributed by atoms with Gasteiger partial charge < -0.3 is 9.72 Å². The van der Waals surface area contributed by atoms with Gasteiger partial charge in [0.2, 0.25) is 0 Å². The highest BCUT2D eigenvalue weighted by molar-refractivity contribution is 9.10. The van der Waals surface area contributed by atoms with Crippen LogP contribution in [0.3, 0.4) is 0 Å². The van der Waals surface area contributed by atoms with Crippen LogP contribution in [0.4, 0.5) is 0 Å². The average molecular weight is 394 g/mol. The highest BCUT2D eigenvalue weighted by Gasteiger charge is 2.10. The number of aromatic amines is 1. The Kier molecular flexibility index (Phi) is 5.01. The van der Waals surface area contributed by atoms with Crippen molar-refractivity contribution >= 4 is 38.6 Å². The van der Waals surface area contributed by atoms with Crippen LogP contribution in [-0.2, 0) is 0 Å². The molecule has 0 aliphatic rings. The van der Waals surface area contributed by atoms with Crippen LogP contribution >= 0.6 is 15.9 Å². The van der Waals surface area contributed by atoms with E-state index in [4.69, 9.17) is 4.74 Å². The summed E-state index contributed by atoms with van der Waals surface area (Å²) < 4.78 is 6.58. The minimum Gasteiger partial charge on any atom is -0.489 e. The lowest BCUT2D eigenvalue weighted by atomic mass is 10.1. The van der Waals surface area contributed by atoms with Crippen molar-refractivity contribution in [1.82, 2.24) is 9.97 Å². The van der Waals surface area contributed by atoms with Gasteiger partial charge in [-0.15, -0.1) is 0 Å². The molecule has 3 aromatic rings. The van der Waals surface area contributed by atoms with Gasteiger partial charge >= 0.3 is 0 Å². The predicted octanol–water partition coefficient (Wildman–Crippen LogP) is 5.26. The van der Waals surface area contributed by atoms with E-state index in [9.17, 15) is 5.26 Å². The Morgan fingerprint density at radius 1 is 1.36 bits per heavy atom. The van der Waals surface area contributed by atoms with Crippen LogP contribution in [0, 0.1) is 18.3 Å². The molecule has 0 atom stereocenters. The SMILES string of the molecule is C=CCOc1ccc(Br)cc1/C=C(\C#N)c1nc2ccc(C)cc2[nH]1. The standard InChI is InChI=1S/C20H16BrN3O/c1-3-8-25-19-7-5-16(21)11-14(19)10-15(12-22)20-23-17-6-4-13(2)9-18(17)24-20/h3-7,9-11H,1,8H2,2H3,(H,23,24)/b15-10+. The monoisotopic (exact) mass is 393 g/mol. The van der Waals surface area contributed by atoms with E-state index in [2.05, 4.69) is 38.5 Å². The van der Waals surface area contributed by atoms with Gasteiger partial charge in [0.15, 0.2) is 0 Å². The molecule has 1 N–H and O–H groups in total. The first-order valence-corrected chi connectivity index (χ1v) is 8.52. The summed E-state index contributed by atoms with van der Waals surface area (Å²) in [7, 11) is 0. The molecular weight excluding hydrogens is 378 g/mol. The van der Waals surface area contributed by atoms with E-state index in [1.165, 1.54) is 0 Å². The lowest BCUT2D eigenvalue weighted by Gasteiger charge is -2.08. The minimum absolute atomic E-state index is 0.397. The normalized spacial score (nSPS) is 11.3. The number of H-pyrrole nitrogens is 1. The second-order valence-corrected chi connectivity index (χ2v) is 6.47. The molecule has 5 heteroatoms.